The fourth-order valence-electron chi connectivity index (χ4n) is 9.58. The first-order chi connectivity index (χ1) is 23.7. The molecule has 4 bridgehead atoms. The lowest BCUT2D eigenvalue weighted by molar-refractivity contribution is -0.222. The van der Waals surface area contributed by atoms with Crippen molar-refractivity contribution < 1.29 is 22.6 Å². The molecule has 0 aromatic heterocycles. The highest BCUT2D eigenvalue weighted by Gasteiger charge is 2.53. The molecule has 5 unspecified atom stereocenters. The van der Waals surface area contributed by atoms with E-state index in [2.05, 4.69) is 71.0 Å². The standard InChI is InChI=1S/C39H64F3N5O2S/c1-26(2)48-18-17-46-15-13-38(14-16-46)22-30(23-38)47-24-29-11-8-12-32(19-29)50-45-36-43-33(35-27(3)9-7-10-28(35)4)20-34(44-36)49-25-31(47)21-37(5,6)39(40,41)42/h7,9-10,26,29-34,36,43-45H,8,11-25H2,1-6H3/t29?,31-,32?,33?,34?,36?/m1/s1. The third-order valence-corrected chi connectivity index (χ3v) is 13.8. The molecule has 2 saturated carbocycles. The van der Waals surface area contributed by atoms with Gasteiger partial charge < -0.3 is 14.4 Å². The van der Waals surface area contributed by atoms with Gasteiger partial charge in [0, 0.05) is 42.9 Å². The van der Waals surface area contributed by atoms with Crippen molar-refractivity contribution >= 4 is 11.9 Å². The van der Waals surface area contributed by atoms with Crippen LogP contribution in [0.4, 0.5) is 13.2 Å². The molecule has 284 valence electrons. The van der Waals surface area contributed by atoms with Gasteiger partial charge in [-0.3, -0.25) is 15.5 Å². The van der Waals surface area contributed by atoms with E-state index in [4.69, 9.17) is 9.47 Å². The van der Waals surface area contributed by atoms with Gasteiger partial charge in [-0.05, 0) is 120 Å². The molecule has 1 aromatic carbocycles. The summed E-state index contributed by atoms with van der Waals surface area (Å²) in [6.07, 6.45) is 5.34. The van der Waals surface area contributed by atoms with Crippen LogP contribution in [-0.2, 0) is 9.47 Å². The quantitative estimate of drug-likeness (QED) is 0.236. The minimum absolute atomic E-state index is 0.0432. The minimum atomic E-state index is -4.28. The second kappa shape index (κ2) is 16.2. The summed E-state index contributed by atoms with van der Waals surface area (Å²) in [5.41, 5.74) is 2.27. The zero-order valence-corrected chi connectivity index (χ0v) is 32.2. The Hall–Kier alpha value is -0.920. The number of likely N-dealkylation sites (tertiary alicyclic amines) is 1. The van der Waals surface area contributed by atoms with Gasteiger partial charge >= 0.3 is 6.18 Å². The Bertz CT molecular complexity index is 1230. The van der Waals surface area contributed by atoms with Gasteiger partial charge in [0.2, 0.25) is 0 Å². The molecule has 3 N–H and O–H groups in total. The molecule has 0 amide bonds. The van der Waals surface area contributed by atoms with Gasteiger partial charge in [-0.25, -0.2) is 4.72 Å². The van der Waals surface area contributed by atoms with Crippen molar-refractivity contribution in [1.29, 1.82) is 0 Å². The maximum atomic E-state index is 14.6. The van der Waals surface area contributed by atoms with E-state index >= 15 is 0 Å². The van der Waals surface area contributed by atoms with Gasteiger partial charge in [0.1, 0.15) is 12.5 Å². The van der Waals surface area contributed by atoms with Crippen molar-refractivity contribution in [3.63, 3.8) is 0 Å². The molecule has 3 saturated heterocycles. The van der Waals surface area contributed by atoms with Gasteiger partial charge in [-0.1, -0.05) is 50.4 Å². The number of nitrogens with zero attached hydrogens (tertiary/aromatic N) is 2. The van der Waals surface area contributed by atoms with Gasteiger partial charge in [0.15, 0.2) is 0 Å². The highest BCUT2D eigenvalue weighted by Crippen LogP contribution is 2.53. The van der Waals surface area contributed by atoms with E-state index in [0.717, 1.165) is 71.3 Å². The lowest BCUT2D eigenvalue weighted by Crippen LogP contribution is -2.62. The van der Waals surface area contributed by atoms with Crippen molar-refractivity contribution in [2.45, 2.75) is 154 Å². The normalized spacial score (nSPS) is 32.3. The third kappa shape index (κ3) is 9.41. The van der Waals surface area contributed by atoms with E-state index in [-0.39, 0.29) is 37.1 Å². The van der Waals surface area contributed by atoms with Crippen LogP contribution in [0.15, 0.2) is 18.2 Å². The van der Waals surface area contributed by atoms with Crippen LogP contribution < -0.4 is 15.4 Å². The topological polar surface area (TPSA) is 61.0 Å². The van der Waals surface area contributed by atoms with Gasteiger partial charge in [0.25, 0.3) is 0 Å². The van der Waals surface area contributed by atoms with Crippen LogP contribution in [-0.4, -0.2) is 91.3 Å². The first kappa shape index (κ1) is 38.8. The first-order valence-corrected chi connectivity index (χ1v) is 20.4. The number of rotatable bonds is 8. The fraction of sp³-hybridized carbons (Fsp3) is 0.846. The van der Waals surface area contributed by atoms with E-state index in [0.29, 0.717) is 35.7 Å². The molecule has 1 spiro atoms. The molecule has 1 aromatic rings. The number of fused-ring (bicyclic) bond motifs is 4. The SMILES string of the molecule is Cc1cccc(C)c1C1CC2NC(NSC3CCCC(C3)CN(C3CC4(CCN(CCOC(C)C)CC4)C3)[C@H](CC(C)(C)C(F)(F)F)CO2)N1. The highest BCUT2D eigenvalue weighted by atomic mass is 32.2. The Balaban J connectivity index is 1.22. The van der Waals surface area contributed by atoms with Crippen molar-refractivity contribution in [1.82, 2.24) is 25.2 Å². The summed E-state index contributed by atoms with van der Waals surface area (Å²) < 4.78 is 60.0. The van der Waals surface area contributed by atoms with Crippen LogP contribution in [0.25, 0.3) is 0 Å². The maximum absolute atomic E-state index is 14.6. The van der Waals surface area contributed by atoms with Crippen molar-refractivity contribution in [3.8, 4) is 0 Å². The highest BCUT2D eigenvalue weighted by molar-refractivity contribution is 7.98. The van der Waals surface area contributed by atoms with Crippen LogP contribution in [0, 0.1) is 30.6 Å². The van der Waals surface area contributed by atoms with E-state index < -0.39 is 11.6 Å². The van der Waals surface area contributed by atoms with E-state index in [1.54, 1.807) is 0 Å². The predicted octanol–water partition coefficient (Wildman–Crippen LogP) is 7.68. The second-order valence-corrected chi connectivity index (χ2v) is 18.5. The Kier molecular flexibility index (Phi) is 12.6. The summed E-state index contributed by atoms with van der Waals surface area (Å²) in [5.74, 6) is 0.474. The number of benzene rings is 1. The van der Waals surface area contributed by atoms with E-state index in [1.165, 1.54) is 43.4 Å². The largest absolute Gasteiger partial charge is 0.394 e. The molecule has 6 atom stereocenters. The molecule has 7 nitrogen and oxygen atoms in total. The zero-order valence-electron chi connectivity index (χ0n) is 31.4. The molecule has 50 heavy (non-hydrogen) atoms. The third-order valence-electron chi connectivity index (χ3n) is 12.7. The number of nitrogens with one attached hydrogen (secondary N) is 3. The summed E-state index contributed by atoms with van der Waals surface area (Å²) >= 11 is 1.83. The van der Waals surface area contributed by atoms with Crippen LogP contribution >= 0.6 is 11.9 Å². The van der Waals surface area contributed by atoms with E-state index in [1.807, 2.05) is 11.9 Å². The summed E-state index contributed by atoms with van der Waals surface area (Å²) in [6.45, 7) is 16.3. The first-order valence-electron chi connectivity index (χ1n) is 19.5. The molecule has 5 aliphatic rings. The van der Waals surface area contributed by atoms with Crippen LogP contribution in [0.5, 0.6) is 0 Å². The lowest BCUT2D eigenvalue weighted by atomic mass is 9.59. The minimum Gasteiger partial charge on any atom is -0.377 e. The molecule has 2 aliphatic carbocycles. The summed E-state index contributed by atoms with van der Waals surface area (Å²) in [4.78, 5) is 5.06. The second-order valence-electron chi connectivity index (χ2n) is 17.3. The van der Waals surface area contributed by atoms with E-state index in [9.17, 15) is 13.2 Å². The number of piperidine rings is 1. The molecule has 3 aliphatic heterocycles. The van der Waals surface area contributed by atoms with Crippen molar-refractivity contribution in [2.24, 2.45) is 16.7 Å². The molecule has 6 rings (SSSR count). The monoisotopic (exact) mass is 723 g/mol. The Morgan fingerprint density at radius 1 is 1.04 bits per heavy atom. The molecule has 5 fully saturated rings. The molecular weight excluding hydrogens is 660 g/mol. The van der Waals surface area contributed by atoms with Crippen molar-refractivity contribution in [2.75, 3.05) is 39.4 Å². The molecule has 3 heterocycles. The number of ether oxygens (including phenoxy) is 2. The maximum Gasteiger partial charge on any atom is 0.394 e. The number of aryl methyl sites for hydroxylation is 2. The number of hydrogen-bond donors (Lipinski definition) is 3. The van der Waals surface area contributed by atoms with Crippen LogP contribution in [0.1, 0.15) is 115 Å². The van der Waals surface area contributed by atoms with Crippen LogP contribution in [0.2, 0.25) is 0 Å². The lowest BCUT2D eigenvalue weighted by Gasteiger charge is -2.57. The average Bonchev–Trinajstić information content (AvgIpc) is 3.04. The van der Waals surface area contributed by atoms with Gasteiger partial charge in [-0.15, -0.1) is 0 Å². The fourth-order valence-corrected chi connectivity index (χ4v) is 10.7. The van der Waals surface area contributed by atoms with Crippen LogP contribution in [0.3, 0.4) is 0 Å². The average molecular weight is 724 g/mol. The van der Waals surface area contributed by atoms with Gasteiger partial charge in [-0.2, -0.15) is 13.2 Å². The summed E-state index contributed by atoms with van der Waals surface area (Å²) in [5, 5.41) is 7.91. The number of hydrogen-bond acceptors (Lipinski definition) is 8. The molecule has 11 heteroatoms. The summed E-state index contributed by atoms with van der Waals surface area (Å²) in [7, 11) is 0. The Labute approximate surface area is 304 Å². The molecular formula is C39H64F3N5O2S. The summed E-state index contributed by atoms with van der Waals surface area (Å²) in [6, 6.07) is 6.48. The zero-order chi connectivity index (χ0) is 35.7. The number of alkyl halides is 3. The Morgan fingerprint density at radius 3 is 2.44 bits per heavy atom. The predicted molar refractivity (Wildman–Crippen MR) is 197 cm³/mol. The van der Waals surface area contributed by atoms with Gasteiger partial charge in [0.05, 0.1) is 24.7 Å². The Morgan fingerprint density at radius 2 is 1.76 bits per heavy atom. The number of halogens is 3. The molecule has 0 radical (unpaired) electrons. The van der Waals surface area contributed by atoms with Crippen molar-refractivity contribution in [3.05, 3.63) is 34.9 Å². The smallest absolute Gasteiger partial charge is 0.377 e.